The van der Waals surface area contributed by atoms with E-state index in [1.54, 1.807) is 6.92 Å². The van der Waals surface area contributed by atoms with Crippen LogP contribution in [0.2, 0.25) is 0 Å². The van der Waals surface area contributed by atoms with E-state index >= 15 is 0 Å². The van der Waals surface area contributed by atoms with Crippen molar-refractivity contribution in [3.8, 4) is 5.75 Å². The molecule has 0 aliphatic heterocycles. The van der Waals surface area contributed by atoms with Crippen molar-refractivity contribution in [3.05, 3.63) is 58.7 Å². The highest BCUT2D eigenvalue weighted by molar-refractivity contribution is 5.81. The van der Waals surface area contributed by atoms with Gasteiger partial charge >= 0.3 is 5.97 Å². The Hall–Kier alpha value is -2.29. The zero-order valence-corrected chi connectivity index (χ0v) is 19.9. The molecule has 30 heavy (non-hydrogen) atoms. The molecule has 0 aliphatic carbocycles. The molecular weight excluding hydrogens is 372 g/mol. The van der Waals surface area contributed by atoms with Gasteiger partial charge in [-0.3, -0.25) is 0 Å². The third-order valence-electron chi connectivity index (χ3n) is 5.15. The molecule has 3 nitrogen and oxygen atoms in total. The second kappa shape index (κ2) is 13.1. The maximum Gasteiger partial charge on any atom is 0.328 e. The van der Waals surface area contributed by atoms with Crippen LogP contribution in [0.5, 0.6) is 5.75 Å². The Bertz CT molecular complexity index is 780. The molecule has 0 radical (unpaired) electrons. The second-order valence-electron chi connectivity index (χ2n) is 8.64. The van der Waals surface area contributed by atoms with Crippen LogP contribution in [0, 0.1) is 0 Å². The number of allylic oxidation sites excluding steroid dienone is 5. The van der Waals surface area contributed by atoms with Gasteiger partial charge in [-0.2, -0.15) is 0 Å². The van der Waals surface area contributed by atoms with Crippen molar-refractivity contribution >= 4 is 11.5 Å². The Morgan fingerprint density at radius 1 is 1.07 bits per heavy atom. The summed E-state index contributed by atoms with van der Waals surface area (Å²) < 4.78 is 6.36. The number of unbranched alkanes of at least 4 members (excludes halogenated alkanes) is 3. The summed E-state index contributed by atoms with van der Waals surface area (Å²) in [4.78, 5) is 10.8. The monoisotopic (exact) mass is 412 g/mol. The van der Waals surface area contributed by atoms with Gasteiger partial charge in [-0.05, 0) is 60.4 Å². The van der Waals surface area contributed by atoms with Crippen molar-refractivity contribution < 1.29 is 14.6 Å². The first kappa shape index (κ1) is 25.7. The average Bonchev–Trinajstić information content (AvgIpc) is 2.66. The Kier molecular flexibility index (Phi) is 11.2. The summed E-state index contributed by atoms with van der Waals surface area (Å²) in [5.41, 5.74) is 5.51. The van der Waals surface area contributed by atoms with Crippen molar-refractivity contribution in [1.29, 1.82) is 0 Å². The Morgan fingerprint density at radius 2 is 1.77 bits per heavy atom. The fourth-order valence-corrected chi connectivity index (χ4v) is 3.27. The topological polar surface area (TPSA) is 46.5 Å². The standard InChI is InChI=1S/C27H40O3/c1-8-9-10-11-15-30-27-24(20(4)5)17-23(19(2)3)18-25(27)22(7)14-12-13-21(6)16-26(28)29/h12-14,16-20H,8-11,15H2,1-7H3,(H,28,29)/b13-12+,21-16+,22-14-. The fourth-order valence-electron chi connectivity index (χ4n) is 3.27. The van der Waals surface area contributed by atoms with Gasteiger partial charge in [0.1, 0.15) is 5.75 Å². The summed E-state index contributed by atoms with van der Waals surface area (Å²) in [5.74, 6) is 0.870. The van der Waals surface area contributed by atoms with Crippen molar-refractivity contribution in [3.63, 3.8) is 0 Å². The Labute approximate surface area is 183 Å². The number of carbonyl (C=O) groups is 1. The maximum atomic E-state index is 10.8. The number of carboxylic acid groups (broad SMARTS) is 1. The van der Waals surface area contributed by atoms with Gasteiger partial charge < -0.3 is 9.84 Å². The number of rotatable bonds is 12. The lowest BCUT2D eigenvalue weighted by atomic mass is 9.89. The van der Waals surface area contributed by atoms with E-state index in [1.807, 2.05) is 18.2 Å². The summed E-state index contributed by atoms with van der Waals surface area (Å²) >= 11 is 0. The molecule has 166 valence electrons. The molecule has 0 saturated carbocycles. The largest absolute Gasteiger partial charge is 0.493 e. The molecule has 0 atom stereocenters. The van der Waals surface area contributed by atoms with Crippen LogP contribution in [0.3, 0.4) is 0 Å². The number of carboxylic acids is 1. The van der Waals surface area contributed by atoms with Crippen LogP contribution < -0.4 is 4.74 Å². The van der Waals surface area contributed by atoms with E-state index in [0.29, 0.717) is 17.4 Å². The highest BCUT2D eigenvalue weighted by atomic mass is 16.5. The smallest absolute Gasteiger partial charge is 0.328 e. The van der Waals surface area contributed by atoms with Gasteiger partial charge in [-0.25, -0.2) is 4.79 Å². The lowest BCUT2D eigenvalue weighted by Crippen LogP contribution is -2.06. The average molecular weight is 413 g/mol. The van der Waals surface area contributed by atoms with Crippen LogP contribution in [0.25, 0.3) is 5.57 Å². The van der Waals surface area contributed by atoms with E-state index in [1.165, 1.54) is 36.5 Å². The van der Waals surface area contributed by atoms with Crippen molar-refractivity contribution in [2.45, 2.75) is 86.0 Å². The molecule has 0 aliphatic rings. The molecule has 0 bridgehead atoms. The fraction of sp³-hybridized carbons (Fsp3) is 0.519. The molecule has 1 N–H and O–H groups in total. The van der Waals surface area contributed by atoms with Crippen LogP contribution in [0.1, 0.15) is 103 Å². The molecule has 1 rings (SSSR count). The van der Waals surface area contributed by atoms with E-state index in [9.17, 15) is 4.79 Å². The second-order valence-corrected chi connectivity index (χ2v) is 8.64. The predicted octanol–water partition coefficient (Wildman–Crippen LogP) is 7.88. The van der Waals surface area contributed by atoms with Crippen LogP contribution in [0.15, 0.2) is 42.0 Å². The predicted molar refractivity (Wildman–Crippen MR) is 128 cm³/mol. The molecule has 0 unspecified atom stereocenters. The first-order valence-corrected chi connectivity index (χ1v) is 11.2. The minimum Gasteiger partial charge on any atom is -0.493 e. The zero-order valence-electron chi connectivity index (χ0n) is 19.9. The summed E-state index contributed by atoms with van der Waals surface area (Å²) in [6.45, 7) is 15.7. The molecular formula is C27H40O3. The van der Waals surface area contributed by atoms with Gasteiger partial charge in [0.25, 0.3) is 0 Å². The summed E-state index contributed by atoms with van der Waals surface area (Å²) in [7, 11) is 0. The highest BCUT2D eigenvalue weighted by Gasteiger charge is 2.17. The van der Waals surface area contributed by atoms with Gasteiger partial charge in [0.2, 0.25) is 0 Å². The zero-order chi connectivity index (χ0) is 22.7. The quantitative estimate of drug-likeness (QED) is 0.216. The lowest BCUT2D eigenvalue weighted by Gasteiger charge is -2.21. The maximum absolute atomic E-state index is 10.8. The van der Waals surface area contributed by atoms with Crippen molar-refractivity contribution in [1.82, 2.24) is 0 Å². The van der Waals surface area contributed by atoms with Crippen LogP contribution in [0.4, 0.5) is 0 Å². The van der Waals surface area contributed by atoms with Gasteiger partial charge in [0.05, 0.1) is 6.61 Å². The molecule has 1 aromatic rings. The first-order valence-electron chi connectivity index (χ1n) is 11.2. The number of hydrogen-bond donors (Lipinski definition) is 1. The van der Waals surface area contributed by atoms with Crippen LogP contribution in [-0.2, 0) is 4.79 Å². The van der Waals surface area contributed by atoms with E-state index < -0.39 is 5.97 Å². The minimum atomic E-state index is -0.928. The van der Waals surface area contributed by atoms with Gasteiger partial charge in [0, 0.05) is 11.6 Å². The van der Waals surface area contributed by atoms with Crippen LogP contribution >= 0.6 is 0 Å². The van der Waals surface area contributed by atoms with E-state index in [-0.39, 0.29) is 0 Å². The summed E-state index contributed by atoms with van der Waals surface area (Å²) in [6.07, 6.45) is 11.7. The molecule has 0 spiro atoms. The van der Waals surface area contributed by atoms with E-state index in [4.69, 9.17) is 9.84 Å². The number of ether oxygens (including phenoxy) is 1. The third-order valence-corrected chi connectivity index (χ3v) is 5.15. The number of aliphatic carboxylic acids is 1. The third kappa shape index (κ3) is 8.61. The molecule has 0 amide bonds. The molecule has 0 aromatic heterocycles. The molecule has 0 heterocycles. The van der Waals surface area contributed by atoms with Gasteiger partial charge in [-0.15, -0.1) is 0 Å². The Morgan fingerprint density at radius 3 is 2.33 bits per heavy atom. The Balaban J connectivity index is 3.31. The van der Waals surface area contributed by atoms with Crippen molar-refractivity contribution in [2.24, 2.45) is 0 Å². The van der Waals surface area contributed by atoms with Gasteiger partial charge in [0.15, 0.2) is 0 Å². The SMILES string of the molecule is CCCCCCOc1c(\C(C)=C/C=C/C(C)=C/C(=O)O)cc(C(C)C)cc1C(C)C. The number of hydrogen-bond acceptors (Lipinski definition) is 2. The molecule has 0 saturated heterocycles. The summed E-state index contributed by atoms with van der Waals surface area (Å²) in [6, 6.07) is 4.54. The molecule has 3 heteroatoms. The number of benzene rings is 1. The first-order chi connectivity index (χ1) is 14.2. The molecule has 0 fully saturated rings. The normalized spacial score (nSPS) is 13.0. The lowest BCUT2D eigenvalue weighted by molar-refractivity contribution is -0.131. The minimum absolute atomic E-state index is 0.372. The highest BCUT2D eigenvalue weighted by Crippen LogP contribution is 2.37. The molecule has 1 aromatic carbocycles. The van der Waals surface area contributed by atoms with E-state index in [0.717, 1.165) is 29.9 Å². The summed E-state index contributed by atoms with van der Waals surface area (Å²) in [5, 5.41) is 8.87. The van der Waals surface area contributed by atoms with Gasteiger partial charge in [-0.1, -0.05) is 78.2 Å². The van der Waals surface area contributed by atoms with Crippen LogP contribution in [-0.4, -0.2) is 17.7 Å². The van der Waals surface area contributed by atoms with E-state index in [2.05, 4.69) is 53.7 Å². The van der Waals surface area contributed by atoms with Crippen molar-refractivity contribution in [2.75, 3.05) is 6.61 Å².